The van der Waals surface area contributed by atoms with Crippen molar-refractivity contribution in [2.24, 2.45) is 51.8 Å². The monoisotopic (exact) mass is 634 g/mol. The van der Waals surface area contributed by atoms with Gasteiger partial charge >= 0.3 is 0 Å². The Labute approximate surface area is 287 Å². The molecule has 0 radical (unpaired) electrons. The average Bonchev–Trinajstić information content (AvgIpc) is 3.65. The summed E-state index contributed by atoms with van der Waals surface area (Å²) in [6, 6.07) is 13.7. The highest BCUT2D eigenvalue weighted by atomic mass is 15.5. The first-order valence-electron chi connectivity index (χ1n) is 20.8. The summed E-state index contributed by atoms with van der Waals surface area (Å²) in [5.41, 5.74) is 3.84. The third kappa shape index (κ3) is 4.39. The van der Waals surface area contributed by atoms with E-state index in [1.54, 1.807) is 11.4 Å². The Kier molecular flexibility index (Phi) is 6.81. The molecule has 8 fully saturated rings. The third-order valence-corrected chi connectivity index (χ3v) is 17.0. The Hall–Kier alpha value is -1.45. The maximum atomic E-state index is 5.99. The van der Waals surface area contributed by atoms with Crippen molar-refractivity contribution in [3.05, 3.63) is 29.8 Å². The minimum Gasteiger partial charge on any atom is -0.337 e. The predicted octanol–water partition coefficient (Wildman–Crippen LogP) is 9.17. The first-order valence-corrected chi connectivity index (χ1v) is 20.8. The molecule has 0 amide bonds. The highest BCUT2D eigenvalue weighted by Crippen LogP contribution is 2.67. The molecule has 3 aliphatic heterocycles. The molecule has 1 aromatic carbocycles. The van der Waals surface area contributed by atoms with Crippen LogP contribution in [0.15, 0.2) is 29.3 Å². The van der Waals surface area contributed by atoms with Crippen molar-refractivity contribution in [2.75, 3.05) is 0 Å². The zero-order valence-electron chi connectivity index (χ0n) is 30.7. The quantitative estimate of drug-likeness (QED) is 0.287. The van der Waals surface area contributed by atoms with Gasteiger partial charge in [0.1, 0.15) is 0 Å². The summed E-state index contributed by atoms with van der Waals surface area (Å²) >= 11 is 0. The van der Waals surface area contributed by atoms with Crippen molar-refractivity contribution >= 4 is 18.1 Å². The summed E-state index contributed by atoms with van der Waals surface area (Å²) in [6.45, 7) is 15.5. The first-order chi connectivity index (χ1) is 22.6. The molecule has 47 heavy (non-hydrogen) atoms. The van der Waals surface area contributed by atoms with Crippen LogP contribution in [-0.2, 0) is 5.41 Å². The van der Waals surface area contributed by atoms with Crippen molar-refractivity contribution in [3.8, 4) is 0 Å². The molecular weight excluding hydrogens is 569 g/mol. The lowest BCUT2D eigenvalue weighted by Crippen LogP contribution is -2.78. The van der Waals surface area contributed by atoms with Crippen molar-refractivity contribution in [3.63, 3.8) is 0 Å². The van der Waals surface area contributed by atoms with Crippen LogP contribution in [0.3, 0.4) is 0 Å². The maximum absolute atomic E-state index is 5.99. The van der Waals surface area contributed by atoms with E-state index in [0.29, 0.717) is 23.5 Å². The van der Waals surface area contributed by atoms with Gasteiger partial charge in [0, 0.05) is 24.0 Å². The Morgan fingerprint density at radius 2 is 1.38 bits per heavy atom. The van der Waals surface area contributed by atoms with Crippen LogP contribution in [-0.4, -0.2) is 52.7 Å². The normalized spacial score (nSPS) is 46.6. The summed E-state index contributed by atoms with van der Waals surface area (Å²) in [6.07, 6.45) is 20.4. The standard InChI is InChI=1S/C43H64BN3/c1-42(2,3)28-15-18-30(19-16-28)44-32-20-13-25-9-7-8-10-31(25)39(32)47-40-33(44)23-27-12-11-26-14-22-35(38(40)37(26)27)46-36-24-29(43(4,5)6)17-21-34(36)45-41(46)47/h15-16,18-19,25-27,29,31-40H,7-14,17,20-24H2,1-6H3. The maximum Gasteiger partial charge on any atom is 0.198 e. The van der Waals surface area contributed by atoms with Gasteiger partial charge in [-0.25, -0.2) is 4.99 Å². The van der Waals surface area contributed by atoms with Gasteiger partial charge in [0.05, 0.1) is 12.1 Å². The van der Waals surface area contributed by atoms with Gasteiger partial charge in [0.15, 0.2) is 12.7 Å². The van der Waals surface area contributed by atoms with E-state index in [4.69, 9.17) is 4.99 Å². The highest BCUT2D eigenvalue weighted by molar-refractivity contribution is 6.76. The minimum absolute atomic E-state index is 0.215. The second-order valence-electron chi connectivity index (χ2n) is 20.9. The van der Waals surface area contributed by atoms with Crippen LogP contribution in [0.2, 0.25) is 11.6 Å². The van der Waals surface area contributed by atoms with Crippen molar-refractivity contribution < 1.29 is 0 Å². The SMILES string of the molecule is CC(C)(C)c1ccc(B2C3CCC4CCCCC4C3N3C4=NC5CCC(C(C)(C)C)CC5N4C4CCC5CCC6CC2C3C4C56)cc1. The van der Waals surface area contributed by atoms with E-state index in [2.05, 4.69) is 75.6 Å². The molecule has 2 saturated heterocycles. The molecule has 6 saturated carbocycles. The second-order valence-corrected chi connectivity index (χ2v) is 20.9. The number of fused-ring (bicyclic) bond motifs is 9. The van der Waals surface area contributed by atoms with Crippen LogP contribution in [0, 0.1) is 46.8 Å². The number of benzene rings is 1. The molecule has 3 heterocycles. The fraction of sp³-hybridized carbons (Fsp3) is 0.837. The molecule has 0 spiro atoms. The lowest BCUT2D eigenvalue weighted by atomic mass is 9.22. The zero-order valence-corrected chi connectivity index (χ0v) is 30.7. The van der Waals surface area contributed by atoms with Gasteiger partial charge in [-0.15, -0.1) is 0 Å². The van der Waals surface area contributed by atoms with Gasteiger partial charge in [-0.05, 0) is 115 Å². The van der Waals surface area contributed by atoms with Crippen molar-refractivity contribution in [1.82, 2.24) is 9.80 Å². The smallest absolute Gasteiger partial charge is 0.198 e. The molecule has 14 atom stereocenters. The summed E-state index contributed by atoms with van der Waals surface area (Å²) in [4.78, 5) is 12.4. The van der Waals surface area contributed by atoms with Gasteiger partial charge in [-0.1, -0.05) is 110 Å². The number of rotatable bonds is 1. The third-order valence-electron chi connectivity index (χ3n) is 17.0. The molecule has 6 aliphatic carbocycles. The molecule has 1 aromatic rings. The summed E-state index contributed by atoms with van der Waals surface area (Å²) in [5.74, 6) is 9.64. The van der Waals surface area contributed by atoms with Crippen LogP contribution in [0.5, 0.6) is 0 Å². The number of hydrogen-bond acceptors (Lipinski definition) is 3. The molecule has 0 N–H and O–H groups in total. The van der Waals surface area contributed by atoms with Gasteiger partial charge < -0.3 is 9.80 Å². The van der Waals surface area contributed by atoms with Crippen molar-refractivity contribution in [2.45, 2.75) is 179 Å². The molecular formula is C43H64BN3. The summed E-state index contributed by atoms with van der Waals surface area (Å²) in [5, 5.41) is 0. The number of hydrogen-bond donors (Lipinski definition) is 0. The number of nitrogens with zero attached hydrogens (tertiary/aromatic N) is 3. The molecule has 4 heteroatoms. The summed E-state index contributed by atoms with van der Waals surface area (Å²) < 4.78 is 0. The average molecular weight is 634 g/mol. The van der Waals surface area contributed by atoms with E-state index >= 15 is 0 Å². The molecule has 0 aromatic heterocycles. The topological polar surface area (TPSA) is 18.8 Å². The molecule has 9 aliphatic rings. The minimum atomic E-state index is 0.215. The van der Waals surface area contributed by atoms with E-state index in [-0.39, 0.29) is 5.41 Å². The van der Waals surface area contributed by atoms with E-state index in [1.807, 2.05) is 0 Å². The highest BCUT2D eigenvalue weighted by Gasteiger charge is 2.69. The summed E-state index contributed by atoms with van der Waals surface area (Å²) in [7, 11) is 0. The Morgan fingerprint density at radius 3 is 2.17 bits per heavy atom. The van der Waals surface area contributed by atoms with Gasteiger partial charge in [0.2, 0.25) is 0 Å². The lowest BCUT2D eigenvalue weighted by Gasteiger charge is -2.70. The van der Waals surface area contributed by atoms with E-state index in [9.17, 15) is 0 Å². The Morgan fingerprint density at radius 1 is 0.638 bits per heavy atom. The van der Waals surface area contributed by atoms with Gasteiger partial charge in [-0.2, -0.15) is 0 Å². The van der Waals surface area contributed by atoms with Crippen LogP contribution < -0.4 is 5.46 Å². The molecule has 0 bridgehead atoms. The Bertz CT molecular complexity index is 1400. The molecule has 14 unspecified atom stereocenters. The first kappa shape index (κ1) is 30.4. The molecule has 10 rings (SSSR count). The predicted molar refractivity (Wildman–Crippen MR) is 197 cm³/mol. The van der Waals surface area contributed by atoms with E-state index < -0.39 is 0 Å². The van der Waals surface area contributed by atoms with Crippen LogP contribution in [0.25, 0.3) is 0 Å². The second kappa shape index (κ2) is 10.5. The number of guanidine groups is 1. The van der Waals surface area contributed by atoms with Crippen LogP contribution in [0.1, 0.15) is 137 Å². The molecule has 254 valence electrons. The Balaban J connectivity index is 1.13. The van der Waals surface area contributed by atoms with Crippen LogP contribution in [0.4, 0.5) is 0 Å². The zero-order chi connectivity index (χ0) is 32.0. The van der Waals surface area contributed by atoms with E-state index in [1.165, 1.54) is 95.5 Å². The van der Waals surface area contributed by atoms with Gasteiger partial charge in [-0.3, -0.25) is 0 Å². The van der Waals surface area contributed by atoms with Crippen molar-refractivity contribution in [1.29, 1.82) is 0 Å². The number of aliphatic imine (C=N–C) groups is 1. The van der Waals surface area contributed by atoms with Gasteiger partial charge in [0.25, 0.3) is 0 Å². The molecule has 3 nitrogen and oxygen atoms in total. The fourth-order valence-corrected chi connectivity index (χ4v) is 15.1. The fourth-order valence-electron chi connectivity index (χ4n) is 15.1. The largest absolute Gasteiger partial charge is 0.337 e. The lowest BCUT2D eigenvalue weighted by molar-refractivity contribution is -0.0958. The van der Waals surface area contributed by atoms with E-state index in [0.717, 1.165) is 71.9 Å². The van der Waals surface area contributed by atoms with Crippen LogP contribution >= 0.6 is 0 Å².